The second-order valence-electron chi connectivity index (χ2n) is 7.69. The number of likely N-dealkylation sites (tertiary alicyclic amines) is 1. The van der Waals surface area contributed by atoms with Gasteiger partial charge in [0.15, 0.2) is 5.57 Å². The lowest BCUT2D eigenvalue weighted by molar-refractivity contribution is -0.125. The number of rotatable bonds is 4. The van der Waals surface area contributed by atoms with Crippen LogP contribution >= 0.6 is 11.3 Å². The molecular formula is C25H22FN3O2S. The van der Waals surface area contributed by atoms with Crippen LogP contribution in [0, 0.1) is 17.1 Å². The van der Waals surface area contributed by atoms with Gasteiger partial charge >= 0.3 is 0 Å². The van der Waals surface area contributed by atoms with Crippen LogP contribution < -0.4 is 14.8 Å². The van der Waals surface area contributed by atoms with Gasteiger partial charge in [-0.15, -0.1) is 11.3 Å². The van der Waals surface area contributed by atoms with E-state index in [0.717, 1.165) is 36.2 Å². The highest BCUT2D eigenvalue weighted by Gasteiger charge is 2.23. The molecule has 7 heteroatoms. The molecule has 2 heterocycles. The van der Waals surface area contributed by atoms with Crippen LogP contribution in [0.5, 0.6) is 0 Å². The molecule has 162 valence electrons. The molecule has 3 aromatic rings. The van der Waals surface area contributed by atoms with Crippen molar-refractivity contribution < 1.29 is 9.18 Å². The molecule has 0 spiro atoms. The van der Waals surface area contributed by atoms with Crippen LogP contribution in [-0.4, -0.2) is 28.5 Å². The fourth-order valence-electron chi connectivity index (χ4n) is 3.80. The van der Waals surface area contributed by atoms with E-state index >= 15 is 0 Å². The summed E-state index contributed by atoms with van der Waals surface area (Å²) in [6.45, 7) is 1.46. The minimum absolute atomic E-state index is 0.0242. The van der Waals surface area contributed by atoms with E-state index in [1.54, 1.807) is 23.1 Å². The van der Waals surface area contributed by atoms with Crippen molar-refractivity contribution in [2.24, 2.45) is 0 Å². The summed E-state index contributed by atoms with van der Waals surface area (Å²) >= 11 is 1.10. The molecule has 1 amide bonds. The van der Waals surface area contributed by atoms with Crippen LogP contribution in [0.2, 0.25) is 0 Å². The summed E-state index contributed by atoms with van der Waals surface area (Å²) in [5.41, 5.74) is 1.09. The van der Waals surface area contributed by atoms with Crippen LogP contribution in [0.1, 0.15) is 30.4 Å². The highest BCUT2D eigenvalue weighted by molar-refractivity contribution is 7.07. The fourth-order valence-corrected chi connectivity index (χ4v) is 4.90. The number of carbonyl (C=O) groups is 1. The third-order valence-electron chi connectivity index (χ3n) is 5.42. The Morgan fingerprint density at radius 3 is 2.53 bits per heavy atom. The van der Waals surface area contributed by atoms with E-state index in [2.05, 4.69) is 6.07 Å². The number of halogens is 1. The summed E-state index contributed by atoms with van der Waals surface area (Å²) < 4.78 is 15.8. The van der Waals surface area contributed by atoms with Crippen LogP contribution in [0.15, 0.2) is 59.4 Å². The average molecular weight is 448 g/mol. The number of hydrogen-bond donors (Lipinski definition) is 0. The predicted molar refractivity (Wildman–Crippen MR) is 123 cm³/mol. The molecule has 0 atom stereocenters. The Morgan fingerprint density at radius 2 is 1.84 bits per heavy atom. The molecule has 0 unspecified atom stereocenters. The van der Waals surface area contributed by atoms with E-state index in [1.807, 2.05) is 30.3 Å². The zero-order valence-electron chi connectivity index (χ0n) is 17.5. The van der Waals surface area contributed by atoms with Crippen LogP contribution in [-0.2, 0) is 11.3 Å². The van der Waals surface area contributed by atoms with Gasteiger partial charge in [0.2, 0.25) is 0 Å². The van der Waals surface area contributed by atoms with Crippen molar-refractivity contribution in [3.63, 3.8) is 0 Å². The number of piperidine rings is 1. The summed E-state index contributed by atoms with van der Waals surface area (Å²) in [7, 11) is 0. The van der Waals surface area contributed by atoms with Crippen molar-refractivity contribution in [2.75, 3.05) is 13.1 Å². The van der Waals surface area contributed by atoms with E-state index in [0.29, 0.717) is 27.8 Å². The lowest BCUT2D eigenvalue weighted by Crippen LogP contribution is -2.39. The number of thiazole rings is 1. The maximum absolute atomic E-state index is 13.6. The molecule has 1 aliphatic heterocycles. The van der Waals surface area contributed by atoms with Gasteiger partial charge in [0.25, 0.3) is 11.5 Å². The highest BCUT2D eigenvalue weighted by atomic mass is 32.1. The molecular weight excluding hydrogens is 425 g/mol. The molecule has 4 rings (SSSR count). The number of aromatic nitrogens is 1. The second kappa shape index (κ2) is 9.75. The Hall–Kier alpha value is -3.50. The van der Waals surface area contributed by atoms with Gasteiger partial charge < -0.3 is 4.90 Å². The molecule has 1 aromatic heterocycles. The first-order chi connectivity index (χ1) is 15.6. The number of nitrogens with zero attached hydrogens (tertiary/aromatic N) is 3. The van der Waals surface area contributed by atoms with Gasteiger partial charge in [0.1, 0.15) is 16.5 Å². The zero-order valence-corrected chi connectivity index (χ0v) is 18.3. The first-order valence-electron chi connectivity index (χ1n) is 10.5. The van der Waals surface area contributed by atoms with Crippen LogP contribution in [0.3, 0.4) is 0 Å². The molecule has 1 saturated heterocycles. The van der Waals surface area contributed by atoms with Crippen molar-refractivity contribution in [1.82, 2.24) is 9.47 Å². The standard InChI is InChI=1S/C25H22FN3O2S/c26-20-11-7-10-19(14-20)15-22-24(31)29(17-18-8-3-1-4-9-18)25(32-22)21(16-27)23(30)28-12-5-2-6-13-28/h1,3-4,7-11,14-15H,2,5-6,12-13,17H2. The van der Waals surface area contributed by atoms with E-state index in [9.17, 15) is 19.2 Å². The Labute approximate surface area is 189 Å². The van der Waals surface area contributed by atoms with E-state index in [1.165, 1.54) is 16.7 Å². The maximum Gasteiger partial charge on any atom is 0.269 e. The van der Waals surface area contributed by atoms with Gasteiger partial charge in [-0.25, -0.2) is 4.39 Å². The molecule has 0 aliphatic carbocycles. The van der Waals surface area contributed by atoms with Crippen molar-refractivity contribution in [3.8, 4) is 6.07 Å². The van der Waals surface area contributed by atoms with E-state index in [4.69, 9.17) is 0 Å². The second-order valence-corrected chi connectivity index (χ2v) is 8.72. The predicted octanol–water partition coefficient (Wildman–Crippen LogP) is 2.61. The smallest absolute Gasteiger partial charge is 0.269 e. The SMILES string of the molecule is N#CC(C(=O)N1CCCCC1)=c1sc(=Cc2cccc(F)c2)c(=O)n1Cc1ccccc1. The van der Waals surface area contributed by atoms with Gasteiger partial charge in [-0.1, -0.05) is 42.5 Å². The first kappa shape index (κ1) is 21.7. The molecule has 5 nitrogen and oxygen atoms in total. The maximum atomic E-state index is 13.6. The summed E-state index contributed by atoms with van der Waals surface area (Å²) in [5.74, 6) is -0.739. The molecule has 0 saturated carbocycles. The Balaban J connectivity index is 1.91. The molecule has 1 aliphatic rings. The van der Waals surface area contributed by atoms with Gasteiger partial charge in [-0.3, -0.25) is 14.2 Å². The quantitative estimate of drug-likeness (QED) is 0.618. The molecule has 32 heavy (non-hydrogen) atoms. The summed E-state index contributed by atoms with van der Waals surface area (Å²) in [4.78, 5) is 28.1. The summed E-state index contributed by atoms with van der Waals surface area (Å²) in [6, 6.07) is 17.4. The summed E-state index contributed by atoms with van der Waals surface area (Å²) in [6.07, 6.45) is 4.48. The Bertz CT molecular complexity index is 1350. The van der Waals surface area contributed by atoms with Crippen molar-refractivity contribution >= 4 is 28.9 Å². The lowest BCUT2D eigenvalue weighted by atomic mass is 10.1. The van der Waals surface area contributed by atoms with Gasteiger partial charge in [-0.05, 0) is 48.6 Å². The van der Waals surface area contributed by atoms with Gasteiger partial charge in [-0.2, -0.15) is 5.26 Å². The molecule has 1 fully saturated rings. The number of hydrogen-bond acceptors (Lipinski definition) is 4. The Morgan fingerprint density at radius 1 is 1.09 bits per heavy atom. The molecule has 0 N–H and O–H groups in total. The van der Waals surface area contributed by atoms with Crippen molar-refractivity contribution in [2.45, 2.75) is 25.8 Å². The Kier molecular flexibility index (Phi) is 6.62. The minimum atomic E-state index is -0.398. The molecule has 0 bridgehead atoms. The van der Waals surface area contributed by atoms with Gasteiger partial charge in [0.05, 0.1) is 11.1 Å². The average Bonchev–Trinajstić information content (AvgIpc) is 3.10. The number of benzene rings is 2. The van der Waals surface area contributed by atoms with Crippen molar-refractivity contribution in [1.29, 1.82) is 5.26 Å². The van der Waals surface area contributed by atoms with E-state index in [-0.39, 0.29) is 23.6 Å². The zero-order chi connectivity index (χ0) is 22.5. The third-order valence-corrected chi connectivity index (χ3v) is 6.55. The van der Waals surface area contributed by atoms with Crippen molar-refractivity contribution in [3.05, 3.63) is 91.1 Å². The largest absolute Gasteiger partial charge is 0.338 e. The first-order valence-corrected chi connectivity index (χ1v) is 11.3. The minimum Gasteiger partial charge on any atom is -0.338 e. The van der Waals surface area contributed by atoms with Crippen LogP contribution in [0.4, 0.5) is 4.39 Å². The lowest BCUT2D eigenvalue weighted by Gasteiger charge is -2.26. The molecule has 0 radical (unpaired) electrons. The third kappa shape index (κ3) is 4.71. The topological polar surface area (TPSA) is 66.1 Å². The number of nitriles is 1. The van der Waals surface area contributed by atoms with E-state index < -0.39 is 5.82 Å². The molecule has 2 aromatic carbocycles. The van der Waals surface area contributed by atoms with Crippen LogP contribution in [0.25, 0.3) is 11.6 Å². The summed E-state index contributed by atoms with van der Waals surface area (Å²) in [5, 5.41) is 9.89. The van der Waals surface area contributed by atoms with Gasteiger partial charge in [0, 0.05) is 13.1 Å². The fraction of sp³-hybridized carbons (Fsp3) is 0.240. The normalized spacial score (nSPS) is 15.4. The number of amides is 1. The monoisotopic (exact) mass is 447 g/mol. The highest BCUT2D eigenvalue weighted by Crippen LogP contribution is 2.12. The number of carbonyl (C=O) groups excluding carboxylic acids is 1.